The third-order valence-electron chi connectivity index (χ3n) is 3.71. The van der Waals surface area contributed by atoms with E-state index in [4.69, 9.17) is 12.2 Å². The molecular formula is C15H18N6OS. The third kappa shape index (κ3) is 2.65. The lowest BCUT2D eigenvalue weighted by Gasteiger charge is -2.11. The van der Waals surface area contributed by atoms with Crippen LogP contribution in [-0.4, -0.2) is 30.6 Å². The SMILES string of the molecule is CCn1cc(/C=C2/NC(=S)N(c3cn(C)nc3C)C2=O)c(C)n1. The first-order chi connectivity index (χ1) is 10.9. The highest BCUT2D eigenvalue weighted by molar-refractivity contribution is 7.80. The second kappa shape index (κ2) is 5.62. The predicted molar refractivity (Wildman–Crippen MR) is 91.8 cm³/mol. The molecule has 0 radical (unpaired) electrons. The number of carbonyl (C=O) groups is 1. The minimum atomic E-state index is -0.185. The molecule has 2 aromatic rings. The first-order valence-corrected chi connectivity index (χ1v) is 7.73. The molecule has 1 N–H and O–H groups in total. The van der Waals surface area contributed by atoms with E-state index in [1.165, 1.54) is 4.90 Å². The lowest BCUT2D eigenvalue weighted by molar-refractivity contribution is -0.113. The summed E-state index contributed by atoms with van der Waals surface area (Å²) in [5.41, 5.74) is 3.66. The summed E-state index contributed by atoms with van der Waals surface area (Å²) >= 11 is 5.32. The highest BCUT2D eigenvalue weighted by atomic mass is 32.1. The van der Waals surface area contributed by atoms with Gasteiger partial charge in [0, 0.05) is 31.5 Å². The Morgan fingerprint density at radius 2 is 2.00 bits per heavy atom. The molecule has 2 aromatic heterocycles. The topological polar surface area (TPSA) is 68.0 Å². The van der Waals surface area contributed by atoms with Crippen LogP contribution in [0.5, 0.6) is 0 Å². The van der Waals surface area contributed by atoms with Crippen LogP contribution in [0, 0.1) is 13.8 Å². The molecule has 0 atom stereocenters. The van der Waals surface area contributed by atoms with E-state index in [9.17, 15) is 4.79 Å². The minimum absolute atomic E-state index is 0.185. The highest BCUT2D eigenvalue weighted by Crippen LogP contribution is 2.25. The summed E-state index contributed by atoms with van der Waals surface area (Å²) in [6.07, 6.45) is 5.48. The Morgan fingerprint density at radius 3 is 2.57 bits per heavy atom. The molecule has 8 heteroatoms. The first-order valence-electron chi connectivity index (χ1n) is 7.32. The fourth-order valence-electron chi connectivity index (χ4n) is 2.55. The van der Waals surface area contributed by atoms with E-state index in [1.807, 2.05) is 38.7 Å². The fraction of sp³-hybridized carbons (Fsp3) is 0.333. The number of nitrogens with one attached hydrogen (secondary N) is 1. The van der Waals surface area contributed by atoms with Crippen LogP contribution >= 0.6 is 12.2 Å². The van der Waals surface area contributed by atoms with Gasteiger partial charge in [-0.1, -0.05) is 0 Å². The Labute approximate surface area is 139 Å². The smallest absolute Gasteiger partial charge is 0.281 e. The van der Waals surface area contributed by atoms with Crippen LogP contribution in [0.3, 0.4) is 0 Å². The first kappa shape index (κ1) is 15.4. The van der Waals surface area contributed by atoms with Gasteiger partial charge in [-0.05, 0) is 39.1 Å². The quantitative estimate of drug-likeness (QED) is 0.682. The molecule has 0 saturated carbocycles. The van der Waals surface area contributed by atoms with Crippen molar-refractivity contribution in [3.05, 3.63) is 35.0 Å². The summed E-state index contributed by atoms with van der Waals surface area (Å²) in [4.78, 5) is 14.2. The van der Waals surface area contributed by atoms with Crippen LogP contribution in [0.15, 0.2) is 18.1 Å². The van der Waals surface area contributed by atoms with Crippen molar-refractivity contribution in [2.24, 2.45) is 7.05 Å². The van der Waals surface area contributed by atoms with E-state index < -0.39 is 0 Å². The molecule has 0 aliphatic carbocycles. The van der Waals surface area contributed by atoms with Crippen molar-refractivity contribution in [3.8, 4) is 0 Å². The Morgan fingerprint density at radius 1 is 1.26 bits per heavy atom. The number of hydrogen-bond donors (Lipinski definition) is 1. The van der Waals surface area contributed by atoms with E-state index in [-0.39, 0.29) is 5.91 Å². The van der Waals surface area contributed by atoms with Gasteiger partial charge in [0.1, 0.15) is 5.70 Å². The number of amides is 1. The van der Waals surface area contributed by atoms with Crippen LogP contribution in [0.2, 0.25) is 0 Å². The molecule has 1 aliphatic rings. The number of rotatable bonds is 3. The van der Waals surface area contributed by atoms with Crippen molar-refractivity contribution in [2.45, 2.75) is 27.3 Å². The van der Waals surface area contributed by atoms with Crippen molar-refractivity contribution in [3.63, 3.8) is 0 Å². The Bertz CT molecular complexity index is 831. The Balaban J connectivity index is 1.96. The lowest BCUT2D eigenvalue weighted by Crippen LogP contribution is -2.30. The van der Waals surface area contributed by atoms with Crippen molar-refractivity contribution in [1.82, 2.24) is 24.9 Å². The summed E-state index contributed by atoms with van der Waals surface area (Å²) in [6.45, 7) is 6.57. The molecule has 1 fully saturated rings. The van der Waals surface area contributed by atoms with Crippen LogP contribution in [-0.2, 0) is 18.4 Å². The maximum atomic E-state index is 12.7. The fourth-order valence-corrected chi connectivity index (χ4v) is 2.84. The molecule has 1 aliphatic heterocycles. The van der Waals surface area contributed by atoms with Gasteiger partial charge < -0.3 is 5.32 Å². The van der Waals surface area contributed by atoms with E-state index in [1.54, 1.807) is 17.0 Å². The summed E-state index contributed by atoms with van der Waals surface area (Å²) < 4.78 is 3.50. The average molecular weight is 330 g/mol. The molecule has 0 bridgehead atoms. The Hall–Kier alpha value is -2.48. The van der Waals surface area contributed by atoms with Crippen molar-refractivity contribution < 1.29 is 4.79 Å². The predicted octanol–water partition coefficient (Wildman–Crippen LogP) is 1.52. The van der Waals surface area contributed by atoms with Gasteiger partial charge in [-0.2, -0.15) is 10.2 Å². The van der Waals surface area contributed by atoms with Crippen molar-refractivity contribution in [1.29, 1.82) is 0 Å². The number of aromatic nitrogens is 4. The van der Waals surface area contributed by atoms with Crippen LogP contribution in [0.25, 0.3) is 6.08 Å². The molecule has 0 spiro atoms. The zero-order valence-electron chi connectivity index (χ0n) is 13.5. The summed E-state index contributed by atoms with van der Waals surface area (Å²) in [6, 6.07) is 0. The van der Waals surface area contributed by atoms with Crippen LogP contribution in [0.1, 0.15) is 23.9 Å². The van der Waals surface area contributed by atoms with Crippen LogP contribution < -0.4 is 10.2 Å². The third-order valence-corrected chi connectivity index (χ3v) is 4.00. The van der Waals surface area contributed by atoms with Gasteiger partial charge in [0.15, 0.2) is 5.11 Å². The highest BCUT2D eigenvalue weighted by Gasteiger charge is 2.34. The van der Waals surface area contributed by atoms with E-state index in [0.717, 1.165) is 23.5 Å². The van der Waals surface area contributed by atoms with Gasteiger partial charge in [0.25, 0.3) is 5.91 Å². The second-order valence-electron chi connectivity index (χ2n) is 5.43. The maximum Gasteiger partial charge on any atom is 0.281 e. The maximum absolute atomic E-state index is 12.7. The molecule has 120 valence electrons. The van der Waals surface area contributed by atoms with E-state index >= 15 is 0 Å². The number of anilines is 1. The minimum Gasteiger partial charge on any atom is -0.327 e. The van der Waals surface area contributed by atoms with Gasteiger partial charge in [-0.25, -0.2) is 4.90 Å². The summed E-state index contributed by atoms with van der Waals surface area (Å²) in [7, 11) is 1.81. The standard InChI is InChI=1S/C15H18N6OS/c1-5-20-7-11(9(2)18-20)6-12-14(22)21(15(23)16-12)13-8-19(4)17-10(13)3/h6-8H,5H2,1-4H3,(H,16,23)/b12-6+. The number of nitrogens with zero attached hydrogens (tertiary/aromatic N) is 5. The second-order valence-corrected chi connectivity index (χ2v) is 5.81. The lowest BCUT2D eigenvalue weighted by atomic mass is 10.2. The number of carbonyl (C=O) groups excluding carboxylic acids is 1. The van der Waals surface area contributed by atoms with E-state index in [2.05, 4.69) is 15.5 Å². The molecule has 3 heterocycles. The van der Waals surface area contributed by atoms with Crippen LogP contribution in [0.4, 0.5) is 5.69 Å². The molecule has 23 heavy (non-hydrogen) atoms. The summed E-state index contributed by atoms with van der Waals surface area (Å²) in [5.74, 6) is -0.185. The molecule has 0 unspecified atom stereocenters. The largest absolute Gasteiger partial charge is 0.327 e. The molecule has 7 nitrogen and oxygen atoms in total. The van der Waals surface area contributed by atoms with E-state index in [0.29, 0.717) is 16.5 Å². The van der Waals surface area contributed by atoms with Gasteiger partial charge in [0.05, 0.1) is 17.1 Å². The monoisotopic (exact) mass is 330 g/mol. The number of thiocarbonyl (C=S) groups is 1. The Kier molecular flexibility index (Phi) is 3.77. The number of hydrogen-bond acceptors (Lipinski definition) is 4. The molecular weight excluding hydrogens is 312 g/mol. The van der Waals surface area contributed by atoms with Gasteiger partial charge in [0.2, 0.25) is 0 Å². The molecule has 1 saturated heterocycles. The number of aryl methyl sites for hydroxylation is 4. The van der Waals surface area contributed by atoms with Crippen molar-refractivity contribution >= 4 is 35.0 Å². The zero-order valence-corrected chi connectivity index (χ0v) is 14.3. The summed E-state index contributed by atoms with van der Waals surface area (Å²) in [5, 5.41) is 12.0. The molecule has 1 amide bonds. The molecule has 3 rings (SSSR count). The molecule has 0 aromatic carbocycles. The van der Waals surface area contributed by atoms with Gasteiger partial charge >= 0.3 is 0 Å². The van der Waals surface area contributed by atoms with Gasteiger partial charge in [-0.15, -0.1) is 0 Å². The van der Waals surface area contributed by atoms with Gasteiger partial charge in [-0.3, -0.25) is 14.2 Å². The van der Waals surface area contributed by atoms with Crippen molar-refractivity contribution in [2.75, 3.05) is 4.90 Å². The normalized spacial score (nSPS) is 16.5. The zero-order chi connectivity index (χ0) is 16.7. The average Bonchev–Trinajstić information content (AvgIpc) is 3.09.